The number of aliphatic imine (C=N–C) groups is 1. The Labute approximate surface area is 207 Å². The highest BCUT2D eigenvalue weighted by atomic mass is 32.1. The van der Waals surface area contributed by atoms with E-state index >= 15 is 0 Å². The molecule has 2 aromatic heterocycles. The normalized spacial score (nSPS) is 19.2. The minimum absolute atomic E-state index is 0.107. The molecular formula is C28H25N5OS. The number of nitrogens with zero attached hydrogens (tertiary/aromatic N) is 2. The van der Waals surface area contributed by atoms with Crippen molar-refractivity contribution in [1.29, 1.82) is 0 Å². The molecule has 1 saturated heterocycles. The third kappa shape index (κ3) is 3.42. The average Bonchev–Trinajstić information content (AvgIpc) is 3.31. The molecule has 174 valence electrons. The number of hydrogen-bond acceptors (Lipinski definition) is 6. The average molecular weight is 480 g/mol. The molecule has 0 bridgehead atoms. The van der Waals surface area contributed by atoms with E-state index in [0.717, 1.165) is 69.4 Å². The molecule has 0 saturated carbocycles. The Morgan fingerprint density at radius 1 is 1.17 bits per heavy atom. The second kappa shape index (κ2) is 7.93. The van der Waals surface area contributed by atoms with Crippen LogP contribution in [-0.2, 0) is 0 Å². The maximum atomic E-state index is 11.8. The van der Waals surface area contributed by atoms with Gasteiger partial charge in [0.1, 0.15) is 6.67 Å². The summed E-state index contributed by atoms with van der Waals surface area (Å²) in [4.78, 5) is 24.7. The number of carbonyl (C=O) groups is 1. The summed E-state index contributed by atoms with van der Waals surface area (Å²) in [5.74, 6) is 0.107. The van der Waals surface area contributed by atoms with Gasteiger partial charge < -0.3 is 20.5 Å². The lowest BCUT2D eigenvalue weighted by molar-refractivity contribution is 0.102. The third-order valence-corrected chi connectivity index (χ3v) is 8.28. The Morgan fingerprint density at radius 2 is 2.11 bits per heavy atom. The monoisotopic (exact) mass is 479 g/mol. The van der Waals surface area contributed by atoms with E-state index in [1.54, 1.807) is 18.3 Å². The van der Waals surface area contributed by atoms with Gasteiger partial charge in [-0.05, 0) is 61.9 Å². The van der Waals surface area contributed by atoms with Gasteiger partial charge in [0.2, 0.25) is 0 Å². The van der Waals surface area contributed by atoms with Crippen molar-refractivity contribution >= 4 is 33.7 Å². The Kier molecular flexibility index (Phi) is 4.69. The standard InChI is InChI=1S/C28H25N5OS/c1-16(34)25-7-8-26(35-25)18-3-2-4-20-19(18)13-22(32-20)28-27-21(30-15-31-28)5-6-23(33-14-24(27)33)17-9-11-29-12-10-17/h2-9,13,29-30,32H,10-12,14-15H2,1H3. The molecule has 7 rings (SSSR count). The van der Waals surface area contributed by atoms with Crippen LogP contribution in [-0.4, -0.2) is 47.7 Å². The Balaban J connectivity index is 1.29. The molecule has 4 aliphatic rings. The Bertz CT molecular complexity index is 1560. The number of nitrogens with one attached hydrogen (secondary N) is 3. The number of aromatic nitrogens is 1. The largest absolute Gasteiger partial charge is 0.366 e. The van der Waals surface area contributed by atoms with Crippen molar-refractivity contribution in [3.05, 3.63) is 93.4 Å². The lowest BCUT2D eigenvalue weighted by atomic mass is 10.0. The molecule has 1 fully saturated rings. The highest BCUT2D eigenvalue weighted by molar-refractivity contribution is 7.17. The van der Waals surface area contributed by atoms with Crippen molar-refractivity contribution < 1.29 is 4.79 Å². The van der Waals surface area contributed by atoms with Crippen LogP contribution in [0.2, 0.25) is 0 Å². The number of carbonyl (C=O) groups excluding carboxylic acids is 1. The second-order valence-corrected chi connectivity index (χ2v) is 10.3. The quantitative estimate of drug-likeness (QED) is 0.374. The van der Waals surface area contributed by atoms with E-state index in [9.17, 15) is 4.79 Å². The number of hydrogen-bond donors (Lipinski definition) is 3. The fourth-order valence-corrected chi connectivity index (χ4v) is 6.21. The summed E-state index contributed by atoms with van der Waals surface area (Å²) in [7, 11) is 0. The number of ketones is 1. The molecule has 4 aliphatic heterocycles. The van der Waals surface area contributed by atoms with Gasteiger partial charge in [0.05, 0.1) is 22.8 Å². The number of Topliss-reactive ketones (excluding diaryl/α,β-unsaturated/α-hetero) is 1. The molecular weight excluding hydrogens is 454 g/mol. The van der Waals surface area contributed by atoms with Crippen LogP contribution in [0.25, 0.3) is 21.3 Å². The van der Waals surface area contributed by atoms with Crippen molar-refractivity contribution in [2.75, 3.05) is 26.3 Å². The summed E-state index contributed by atoms with van der Waals surface area (Å²) >= 11 is 1.55. The molecule has 0 spiro atoms. The smallest absolute Gasteiger partial charge is 0.169 e. The van der Waals surface area contributed by atoms with Crippen LogP contribution in [0.1, 0.15) is 28.7 Å². The van der Waals surface area contributed by atoms with Crippen molar-refractivity contribution in [3.63, 3.8) is 0 Å². The lowest BCUT2D eigenvalue weighted by Gasteiger charge is -2.19. The predicted molar refractivity (Wildman–Crippen MR) is 142 cm³/mol. The molecule has 6 nitrogen and oxygen atoms in total. The van der Waals surface area contributed by atoms with E-state index < -0.39 is 0 Å². The SMILES string of the molecule is CC(=O)c1ccc(-c2cccc3[nH]c(C4=NCNC5=CC=C(C6=CCNCC6)N6CC6=C54)cc23)s1. The lowest BCUT2D eigenvalue weighted by Crippen LogP contribution is -2.27. The molecule has 3 N–H and O–H groups in total. The fourth-order valence-electron chi connectivity index (χ4n) is 5.27. The van der Waals surface area contributed by atoms with Gasteiger partial charge >= 0.3 is 0 Å². The number of aromatic amines is 1. The third-order valence-electron chi connectivity index (χ3n) is 7.06. The first kappa shape index (κ1) is 20.7. The van der Waals surface area contributed by atoms with E-state index in [1.165, 1.54) is 22.5 Å². The summed E-state index contributed by atoms with van der Waals surface area (Å²) in [6, 6.07) is 12.5. The van der Waals surface area contributed by atoms with Crippen molar-refractivity contribution in [2.45, 2.75) is 13.3 Å². The highest BCUT2D eigenvalue weighted by Crippen LogP contribution is 2.42. The van der Waals surface area contributed by atoms with Gasteiger partial charge in [0, 0.05) is 50.6 Å². The number of H-pyrrole nitrogens is 1. The topological polar surface area (TPSA) is 72.3 Å². The molecule has 0 unspecified atom stereocenters. The van der Waals surface area contributed by atoms with Gasteiger partial charge in [0.15, 0.2) is 5.78 Å². The number of thiophene rings is 1. The first-order valence-electron chi connectivity index (χ1n) is 12.0. The number of rotatable bonds is 4. The zero-order valence-electron chi connectivity index (χ0n) is 19.4. The predicted octanol–water partition coefficient (Wildman–Crippen LogP) is 4.72. The second-order valence-electron chi connectivity index (χ2n) is 9.24. The maximum absolute atomic E-state index is 11.8. The molecule has 7 heteroatoms. The van der Waals surface area contributed by atoms with E-state index in [4.69, 9.17) is 4.99 Å². The summed E-state index contributed by atoms with van der Waals surface area (Å²) in [5, 5.41) is 8.05. The highest BCUT2D eigenvalue weighted by Gasteiger charge is 2.39. The van der Waals surface area contributed by atoms with E-state index in [1.807, 2.05) is 12.1 Å². The molecule has 3 aromatic rings. The van der Waals surface area contributed by atoms with Crippen LogP contribution in [0, 0.1) is 0 Å². The van der Waals surface area contributed by atoms with Gasteiger partial charge in [-0.1, -0.05) is 18.2 Å². The molecule has 35 heavy (non-hydrogen) atoms. The zero-order valence-corrected chi connectivity index (χ0v) is 20.3. The van der Waals surface area contributed by atoms with Crippen LogP contribution in [0.4, 0.5) is 0 Å². The summed E-state index contributed by atoms with van der Waals surface area (Å²) < 4.78 is 0. The molecule has 1 aromatic carbocycles. The maximum Gasteiger partial charge on any atom is 0.169 e. The summed E-state index contributed by atoms with van der Waals surface area (Å²) in [6.07, 6.45) is 7.84. The van der Waals surface area contributed by atoms with Gasteiger partial charge in [-0.2, -0.15) is 0 Å². The van der Waals surface area contributed by atoms with Gasteiger partial charge in [-0.25, -0.2) is 0 Å². The molecule has 0 radical (unpaired) electrons. The number of benzene rings is 1. The molecule has 6 heterocycles. The van der Waals surface area contributed by atoms with Crippen LogP contribution in [0.5, 0.6) is 0 Å². The van der Waals surface area contributed by atoms with Crippen molar-refractivity contribution in [1.82, 2.24) is 20.5 Å². The van der Waals surface area contributed by atoms with Crippen LogP contribution >= 0.6 is 11.3 Å². The van der Waals surface area contributed by atoms with Crippen LogP contribution in [0.3, 0.4) is 0 Å². The molecule has 0 aliphatic carbocycles. The summed E-state index contributed by atoms with van der Waals surface area (Å²) in [6.45, 7) is 5.08. The van der Waals surface area contributed by atoms with Gasteiger partial charge in [-0.3, -0.25) is 9.79 Å². The summed E-state index contributed by atoms with van der Waals surface area (Å²) in [5.41, 5.74) is 10.7. The van der Waals surface area contributed by atoms with Crippen molar-refractivity contribution in [3.8, 4) is 10.4 Å². The van der Waals surface area contributed by atoms with E-state index in [0.29, 0.717) is 6.67 Å². The van der Waals surface area contributed by atoms with Crippen LogP contribution < -0.4 is 10.6 Å². The minimum atomic E-state index is 0.107. The number of allylic oxidation sites excluding steroid dienone is 4. The first-order valence-corrected chi connectivity index (χ1v) is 12.8. The van der Waals surface area contributed by atoms with Crippen molar-refractivity contribution in [2.24, 2.45) is 4.99 Å². The Hall–Kier alpha value is -3.68. The zero-order chi connectivity index (χ0) is 23.5. The fraction of sp³-hybridized carbons (Fsp3) is 0.214. The molecule has 0 amide bonds. The van der Waals surface area contributed by atoms with Gasteiger partial charge in [0.25, 0.3) is 0 Å². The van der Waals surface area contributed by atoms with Gasteiger partial charge in [-0.15, -0.1) is 11.3 Å². The van der Waals surface area contributed by atoms with E-state index in [2.05, 4.69) is 63.0 Å². The number of fused-ring (bicyclic) bond motifs is 3. The minimum Gasteiger partial charge on any atom is -0.366 e. The first-order chi connectivity index (χ1) is 17.2. The van der Waals surface area contributed by atoms with Crippen LogP contribution in [0.15, 0.2) is 87.9 Å². The molecule has 0 atom stereocenters. The Morgan fingerprint density at radius 3 is 2.94 bits per heavy atom. The van der Waals surface area contributed by atoms with E-state index in [-0.39, 0.29) is 5.78 Å².